The number of pyridine rings is 2. The summed E-state index contributed by atoms with van der Waals surface area (Å²) in [5.74, 6) is -0.0470. The molecule has 0 radical (unpaired) electrons. The van der Waals surface area contributed by atoms with Gasteiger partial charge in [-0.15, -0.1) is 0 Å². The Morgan fingerprint density at radius 2 is 1.92 bits per heavy atom. The Morgan fingerprint density at radius 1 is 1.05 bits per heavy atom. The van der Waals surface area contributed by atoms with Gasteiger partial charge in [-0.2, -0.15) is 0 Å². The number of hydrogen-bond acceptors (Lipinski definition) is 4. The standard InChI is InChI=1S/C29H30N6OS/c1-19-8-6-9-22(16-19)32-26(36)12-15-34-28(27(33-29(34)37)25-11-4-5-14-31-25)24-17-20(2)35(21(24)3)23-10-7-13-30-18-23/h4-11,13-14,16-18,27-28H,12,15H2,1-3H3,(H,32,36)(H,33,37). The highest BCUT2D eigenvalue weighted by molar-refractivity contribution is 7.80. The van der Waals surface area contributed by atoms with Crippen LogP contribution in [0.5, 0.6) is 0 Å². The Hall–Kier alpha value is -4.04. The molecule has 2 N–H and O–H groups in total. The highest BCUT2D eigenvalue weighted by atomic mass is 32.1. The molecule has 188 valence electrons. The smallest absolute Gasteiger partial charge is 0.226 e. The van der Waals surface area contributed by atoms with Crippen molar-refractivity contribution < 1.29 is 4.79 Å². The third kappa shape index (κ3) is 5.11. The van der Waals surface area contributed by atoms with Gasteiger partial charge in [0, 0.05) is 42.4 Å². The molecule has 1 aliphatic rings. The largest absolute Gasteiger partial charge is 0.352 e. The predicted molar refractivity (Wildman–Crippen MR) is 150 cm³/mol. The van der Waals surface area contributed by atoms with E-state index < -0.39 is 0 Å². The maximum Gasteiger partial charge on any atom is 0.226 e. The Morgan fingerprint density at radius 3 is 2.65 bits per heavy atom. The summed E-state index contributed by atoms with van der Waals surface area (Å²) >= 11 is 5.81. The number of amides is 1. The van der Waals surface area contributed by atoms with E-state index in [4.69, 9.17) is 12.2 Å². The van der Waals surface area contributed by atoms with E-state index in [9.17, 15) is 4.79 Å². The van der Waals surface area contributed by atoms with E-state index >= 15 is 0 Å². The van der Waals surface area contributed by atoms with Crippen LogP contribution in [0.1, 0.15) is 46.7 Å². The molecule has 1 aromatic carbocycles. The van der Waals surface area contributed by atoms with Crippen LogP contribution in [0, 0.1) is 20.8 Å². The third-order valence-electron chi connectivity index (χ3n) is 6.77. The highest BCUT2D eigenvalue weighted by Crippen LogP contribution is 2.41. The Bertz CT molecular complexity index is 1420. The lowest BCUT2D eigenvalue weighted by Crippen LogP contribution is -2.32. The van der Waals surface area contributed by atoms with Gasteiger partial charge in [-0.05, 0) is 86.6 Å². The molecule has 0 saturated carbocycles. The van der Waals surface area contributed by atoms with Gasteiger partial charge in [0.1, 0.15) is 0 Å². The summed E-state index contributed by atoms with van der Waals surface area (Å²) in [5.41, 5.74) is 7.18. The molecule has 1 fully saturated rings. The molecule has 8 heteroatoms. The second-order valence-electron chi connectivity index (χ2n) is 9.36. The minimum absolute atomic E-state index is 0.0470. The SMILES string of the molecule is Cc1cccc(NC(=O)CCN2C(=S)NC(c3ccccn3)C2c2cc(C)n(-c3cccnc3)c2C)c1. The Balaban J connectivity index is 1.46. The molecule has 0 spiro atoms. The molecular weight excluding hydrogens is 480 g/mol. The zero-order valence-electron chi connectivity index (χ0n) is 21.2. The van der Waals surface area contributed by atoms with Crippen LogP contribution in [0.4, 0.5) is 5.69 Å². The number of carbonyl (C=O) groups is 1. The summed E-state index contributed by atoms with van der Waals surface area (Å²) in [6.45, 7) is 6.71. The molecule has 5 rings (SSSR count). The predicted octanol–water partition coefficient (Wildman–Crippen LogP) is 5.19. The number of hydrogen-bond donors (Lipinski definition) is 2. The zero-order valence-corrected chi connectivity index (χ0v) is 22.0. The monoisotopic (exact) mass is 510 g/mol. The minimum Gasteiger partial charge on any atom is -0.352 e. The molecule has 7 nitrogen and oxygen atoms in total. The summed E-state index contributed by atoms with van der Waals surface area (Å²) in [5, 5.41) is 7.12. The van der Waals surface area contributed by atoms with Gasteiger partial charge in [-0.3, -0.25) is 14.8 Å². The number of aryl methyl sites for hydroxylation is 2. The first-order chi connectivity index (χ1) is 17.9. The summed E-state index contributed by atoms with van der Waals surface area (Å²) < 4.78 is 2.21. The molecule has 0 aliphatic carbocycles. The van der Waals surface area contributed by atoms with Gasteiger partial charge in [0.2, 0.25) is 5.91 Å². The number of nitrogens with zero attached hydrogens (tertiary/aromatic N) is 4. The topological polar surface area (TPSA) is 75.1 Å². The molecular formula is C29H30N6OS. The van der Waals surface area contributed by atoms with E-state index in [1.54, 1.807) is 12.4 Å². The molecule has 1 amide bonds. The van der Waals surface area contributed by atoms with Crippen molar-refractivity contribution in [2.45, 2.75) is 39.3 Å². The van der Waals surface area contributed by atoms with Crippen molar-refractivity contribution in [3.63, 3.8) is 0 Å². The van der Waals surface area contributed by atoms with Gasteiger partial charge in [0.15, 0.2) is 5.11 Å². The summed E-state index contributed by atoms with van der Waals surface area (Å²) in [7, 11) is 0. The molecule has 2 unspecified atom stereocenters. The van der Waals surface area contributed by atoms with Gasteiger partial charge >= 0.3 is 0 Å². The third-order valence-corrected chi connectivity index (χ3v) is 7.12. The van der Waals surface area contributed by atoms with Crippen molar-refractivity contribution in [3.8, 4) is 5.69 Å². The fraction of sp³-hybridized carbons (Fsp3) is 0.241. The average Bonchev–Trinajstić information content (AvgIpc) is 3.38. The number of anilines is 1. The summed E-state index contributed by atoms with van der Waals surface area (Å²) in [6.07, 6.45) is 5.75. The normalized spacial score (nSPS) is 17.1. The van der Waals surface area contributed by atoms with E-state index in [1.165, 1.54) is 0 Å². The Labute approximate surface area is 222 Å². The lowest BCUT2D eigenvalue weighted by Gasteiger charge is -2.28. The zero-order chi connectivity index (χ0) is 25.9. The van der Waals surface area contributed by atoms with Crippen LogP contribution in [0.15, 0.2) is 79.3 Å². The molecule has 37 heavy (non-hydrogen) atoms. The maximum absolute atomic E-state index is 12.9. The lowest BCUT2D eigenvalue weighted by molar-refractivity contribution is -0.116. The van der Waals surface area contributed by atoms with Gasteiger partial charge in [0.05, 0.1) is 29.7 Å². The molecule has 1 saturated heterocycles. The lowest BCUT2D eigenvalue weighted by atomic mass is 9.96. The Kier molecular flexibility index (Phi) is 7.01. The van der Waals surface area contributed by atoms with Crippen LogP contribution in [0.2, 0.25) is 0 Å². The number of nitrogens with one attached hydrogen (secondary N) is 2. The first kappa shape index (κ1) is 24.6. The van der Waals surface area contributed by atoms with Crippen molar-refractivity contribution in [1.29, 1.82) is 0 Å². The average molecular weight is 511 g/mol. The summed E-state index contributed by atoms with van der Waals surface area (Å²) in [6, 6.07) is 19.7. The first-order valence-corrected chi connectivity index (χ1v) is 12.8. The second-order valence-corrected chi connectivity index (χ2v) is 9.75. The summed E-state index contributed by atoms with van der Waals surface area (Å²) in [4.78, 5) is 23.9. The van der Waals surface area contributed by atoms with Crippen molar-refractivity contribution in [2.75, 3.05) is 11.9 Å². The van der Waals surface area contributed by atoms with Gasteiger partial charge in [0.25, 0.3) is 0 Å². The first-order valence-electron chi connectivity index (χ1n) is 12.4. The number of carbonyl (C=O) groups excluding carboxylic acids is 1. The van der Waals surface area contributed by atoms with Crippen LogP contribution in [-0.2, 0) is 4.79 Å². The molecule has 1 aliphatic heterocycles. The van der Waals surface area contributed by atoms with Crippen molar-refractivity contribution in [3.05, 3.63) is 107 Å². The fourth-order valence-corrected chi connectivity index (χ4v) is 5.46. The maximum atomic E-state index is 12.9. The van der Waals surface area contributed by atoms with E-state index in [2.05, 4.69) is 56.0 Å². The molecule has 0 bridgehead atoms. The van der Waals surface area contributed by atoms with E-state index in [0.717, 1.165) is 39.6 Å². The second kappa shape index (κ2) is 10.5. The van der Waals surface area contributed by atoms with E-state index in [0.29, 0.717) is 18.1 Å². The van der Waals surface area contributed by atoms with Crippen LogP contribution in [-0.4, -0.2) is 37.0 Å². The van der Waals surface area contributed by atoms with Crippen molar-refractivity contribution >= 4 is 28.9 Å². The van der Waals surface area contributed by atoms with Crippen molar-refractivity contribution in [1.82, 2.24) is 24.8 Å². The van der Waals surface area contributed by atoms with Crippen LogP contribution < -0.4 is 10.6 Å². The molecule has 4 heterocycles. The number of thiocarbonyl (C=S) groups is 1. The molecule has 4 aromatic rings. The number of aromatic nitrogens is 3. The van der Waals surface area contributed by atoms with Crippen LogP contribution in [0.3, 0.4) is 0 Å². The van der Waals surface area contributed by atoms with E-state index in [1.807, 2.05) is 61.7 Å². The van der Waals surface area contributed by atoms with Gasteiger partial charge < -0.3 is 20.1 Å². The molecule has 2 atom stereocenters. The number of benzene rings is 1. The van der Waals surface area contributed by atoms with E-state index in [-0.39, 0.29) is 18.0 Å². The van der Waals surface area contributed by atoms with Gasteiger partial charge in [-0.25, -0.2) is 0 Å². The van der Waals surface area contributed by atoms with Crippen molar-refractivity contribution in [2.24, 2.45) is 0 Å². The molecule has 3 aromatic heterocycles. The number of rotatable bonds is 7. The quantitative estimate of drug-likeness (QED) is 0.333. The highest BCUT2D eigenvalue weighted by Gasteiger charge is 2.41. The minimum atomic E-state index is -0.142. The van der Waals surface area contributed by atoms with Crippen LogP contribution in [0.25, 0.3) is 5.69 Å². The fourth-order valence-electron chi connectivity index (χ4n) is 5.12. The van der Waals surface area contributed by atoms with Gasteiger partial charge in [-0.1, -0.05) is 18.2 Å². The van der Waals surface area contributed by atoms with Crippen LogP contribution >= 0.6 is 12.2 Å².